The van der Waals surface area contributed by atoms with Gasteiger partial charge in [0.2, 0.25) is 5.90 Å². The third kappa shape index (κ3) is 5.22. The molecule has 10 heteroatoms. The molecule has 0 N–H and O–H groups in total. The van der Waals surface area contributed by atoms with Gasteiger partial charge in [0.25, 0.3) is 0 Å². The average Bonchev–Trinajstić information content (AvgIpc) is 3.17. The molecular weight excluding hydrogens is 616 g/mol. The summed E-state index contributed by atoms with van der Waals surface area (Å²) >= 11 is 20.8. The van der Waals surface area contributed by atoms with E-state index < -0.39 is 11.9 Å². The molecule has 4 rings (SSSR count). The number of hydrogen-bond donors (Lipinski definition) is 0. The third-order valence-electron chi connectivity index (χ3n) is 4.62. The molecule has 1 heterocycles. The van der Waals surface area contributed by atoms with E-state index in [2.05, 4.69) is 27.6 Å². The number of cyclic esters (lactones) is 1. The lowest BCUT2D eigenvalue weighted by Crippen LogP contribution is -2.10. The topological polar surface area (TPSA) is 74.2 Å². The van der Waals surface area contributed by atoms with Crippen molar-refractivity contribution in [3.8, 4) is 11.5 Å². The first-order valence-electron chi connectivity index (χ1n) is 9.59. The molecule has 172 valence electrons. The highest BCUT2D eigenvalue weighted by atomic mass is 127. The number of ether oxygens (including phenoxy) is 3. The maximum Gasteiger partial charge on any atom is 0.363 e. The fourth-order valence-electron chi connectivity index (χ4n) is 3.04. The van der Waals surface area contributed by atoms with Crippen molar-refractivity contribution in [2.45, 2.75) is 0 Å². The number of esters is 2. The molecule has 0 radical (unpaired) electrons. The van der Waals surface area contributed by atoms with Gasteiger partial charge in [-0.15, -0.1) is 0 Å². The van der Waals surface area contributed by atoms with E-state index in [9.17, 15) is 9.59 Å². The Morgan fingerprint density at radius 2 is 1.79 bits per heavy atom. The molecule has 1 aliphatic heterocycles. The lowest BCUT2D eigenvalue weighted by atomic mass is 10.1. The number of halogens is 4. The van der Waals surface area contributed by atoms with Crippen LogP contribution in [0.1, 0.15) is 21.5 Å². The molecule has 6 nitrogen and oxygen atoms in total. The van der Waals surface area contributed by atoms with Crippen molar-refractivity contribution in [2.24, 2.45) is 4.99 Å². The Bertz CT molecular complexity index is 1390. The second-order valence-electron chi connectivity index (χ2n) is 6.86. The Kier molecular flexibility index (Phi) is 7.47. The van der Waals surface area contributed by atoms with Crippen molar-refractivity contribution in [2.75, 3.05) is 7.11 Å². The average molecular weight is 629 g/mol. The summed E-state index contributed by atoms with van der Waals surface area (Å²) in [5, 5.41) is 0.732. The van der Waals surface area contributed by atoms with Gasteiger partial charge in [0, 0.05) is 3.57 Å². The monoisotopic (exact) mass is 627 g/mol. The van der Waals surface area contributed by atoms with Gasteiger partial charge >= 0.3 is 11.9 Å². The van der Waals surface area contributed by atoms with Crippen LogP contribution in [0, 0.1) is 3.57 Å². The highest BCUT2D eigenvalue weighted by Gasteiger charge is 2.26. The van der Waals surface area contributed by atoms with Crippen LogP contribution in [0.2, 0.25) is 15.1 Å². The van der Waals surface area contributed by atoms with Crippen molar-refractivity contribution < 1.29 is 23.8 Å². The molecule has 0 spiro atoms. The Morgan fingerprint density at radius 3 is 2.53 bits per heavy atom. The van der Waals surface area contributed by atoms with Gasteiger partial charge < -0.3 is 14.2 Å². The molecule has 0 saturated carbocycles. The summed E-state index contributed by atoms with van der Waals surface area (Å²) in [6, 6.07) is 14.8. The van der Waals surface area contributed by atoms with Gasteiger partial charge in [-0.2, -0.15) is 0 Å². The van der Waals surface area contributed by atoms with Crippen LogP contribution in [-0.2, 0) is 9.53 Å². The molecule has 34 heavy (non-hydrogen) atoms. The maximum absolute atomic E-state index is 12.6. The van der Waals surface area contributed by atoms with Gasteiger partial charge in [0.15, 0.2) is 17.2 Å². The molecular formula is C24H13Cl3INO5. The highest BCUT2D eigenvalue weighted by molar-refractivity contribution is 14.1. The third-order valence-corrected chi connectivity index (χ3v) is 6.23. The first-order chi connectivity index (χ1) is 16.3. The fraction of sp³-hybridized carbons (Fsp3) is 0.0417. The van der Waals surface area contributed by atoms with Crippen molar-refractivity contribution in [1.29, 1.82) is 0 Å². The van der Waals surface area contributed by atoms with Crippen LogP contribution in [0.5, 0.6) is 11.5 Å². The number of carbonyl (C=O) groups is 2. The van der Waals surface area contributed by atoms with Gasteiger partial charge in [-0.3, -0.25) is 0 Å². The predicted octanol–water partition coefficient (Wildman–Crippen LogP) is 6.82. The molecule has 0 aromatic heterocycles. The largest absolute Gasteiger partial charge is 0.493 e. The van der Waals surface area contributed by atoms with E-state index >= 15 is 0 Å². The minimum Gasteiger partial charge on any atom is -0.493 e. The van der Waals surface area contributed by atoms with Gasteiger partial charge in [0.05, 0.1) is 33.3 Å². The van der Waals surface area contributed by atoms with E-state index in [1.54, 1.807) is 36.4 Å². The van der Waals surface area contributed by atoms with Crippen LogP contribution in [0.4, 0.5) is 0 Å². The normalized spacial score (nSPS) is 14.1. The minimum absolute atomic E-state index is 0.0140. The van der Waals surface area contributed by atoms with Crippen molar-refractivity contribution in [3.05, 3.63) is 95.6 Å². The van der Waals surface area contributed by atoms with Crippen LogP contribution in [0.25, 0.3) is 6.08 Å². The SMILES string of the molecule is COc1cc(/C=C2\N=C(c3cc(I)ccc3Cl)OC2=O)cc(Cl)c1OC(=O)c1ccccc1Cl. The fourth-order valence-corrected chi connectivity index (χ4v) is 4.20. The zero-order valence-electron chi connectivity index (χ0n) is 17.3. The molecule has 0 unspecified atom stereocenters. The number of hydrogen-bond acceptors (Lipinski definition) is 6. The molecule has 0 fully saturated rings. The molecule has 3 aromatic carbocycles. The van der Waals surface area contributed by atoms with Crippen LogP contribution in [0.15, 0.2) is 65.3 Å². The van der Waals surface area contributed by atoms with E-state index in [0.29, 0.717) is 16.1 Å². The Morgan fingerprint density at radius 1 is 1.03 bits per heavy atom. The zero-order valence-corrected chi connectivity index (χ0v) is 21.7. The zero-order chi connectivity index (χ0) is 24.4. The summed E-state index contributed by atoms with van der Waals surface area (Å²) in [5.74, 6) is -1.05. The number of rotatable bonds is 5. The predicted molar refractivity (Wildman–Crippen MR) is 139 cm³/mol. The first-order valence-corrected chi connectivity index (χ1v) is 11.8. The minimum atomic E-state index is -0.695. The van der Waals surface area contributed by atoms with E-state index in [1.807, 2.05) is 6.07 Å². The van der Waals surface area contributed by atoms with Crippen molar-refractivity contribution >= 4 is 81.3 Å². The lowest BCUT2D eigenvalue weighted by molar-refractivity contribution is -0.129. The van der Waals surface area contributed by atoms with Gasteiger partial charge in [0.1, 0.15) is 0 Å². The summed E-state index contributed by atoms with van der Waals surface area (Å²) in [7, 11) is 1.40. The summed E-state index contributed by atoms with van der Waals surface area (Å²) < 4.78 is 17.0. The van der Waals surface area contributed by atoms with Gasteiger partial charge in [-0.05, 0) is 76.7 Å². The van der Waals surface area contributed by atoms with Gasteiger partial charge in [-0.1, -0.05) is 46.9 Å². The van der Waals surface area contributed by atoms with Crippen LogP contribution in [0.3, 0.4) is 0 Å². The Labute approximate surface area is 223 Å². The van der Waals surface area contributed by atoms with Crippen molar-refractivity contribution in [3.63, 3.8) is 0 Å². The number of aliphatic imine (C=N–C) groups is 1. The van der Waals surface area contributed by atoms with E-state index in [1.165, 1.54) is 25.3 Å². The van der Waals surface area contributed by atoms with Crippen LogP contribution in [-0.4, -0.2) is 24.9 Å². The van der Waals surface area contributed by atoms with Crippen LogP contribution < -0.4 is 9.47 Å². The number of nitrogens with zero attached hydrogens (tertiary/aromatic N) is 1. The molecule has 0 bridgehead atoms. The van der Waals surface area contributed by atoms with Crippen LogP contribution >= 0.6 is 57.4 Å². The Balaban J connectivity index is 1.65. The lowest BCUT2D eigenvalue weighted by Gasteiger charge is -2.12. The molecule has 3 aromatic rings. The van der Waals surface area contributed by atoms with Gasteiger partial charge in [-0.25, -0.2) is 14.6 Å². The van der Waals surface area contributed by atoms with Crippen molar-refractivity contribution in [1.82, 2.24) is 0 Å². The van der Waals surface area contributed by atoms with E-state index in [4.69, 9.17) is 49.0 Å². The summed E-state index contributed by atoms with van der Waals surface area (Å²) in [5.41, 5.74) is 1.20. The first kappa shape index (κ1) is 24.5. The highest BCUT2D eigenvalue weighted by Crippen LogP contribution is 2.38. The molecule has 0 atom stereocenters. The maximum atomic E-state index is 12.6. The number of benzene rings is 3. The Hall–Kier alpha value is -2.59. The molecule has 0 aliphatic carbocycles. The second kappa shape index (κ2) is 10.4. The standard InChI is InChI=1S/C24H13Cl3INO5/c1-32-20-10-12(8-18(27)21(20)33-23(30)14-4-2-3-5-16(14)25)9-19-24(31)34-22(29-19)15-11-13(28)6-7-17(15)26/h2-11H,1H3/b19-9-. The second-order valence-corrected chi connectivity index (χ2v) is 9.33. The van der Waals surface area contributed by atoms with E-state index in [0.717, 1.165) is 3.57 Å². The molecule has 0 saturated heterocycles. The summed E-state index contributed by atoms with van der Waals surface area (Å²) in [6.45, 7) is 0. The molecule has 1 aliphatic rings. The summed E-state index contributed by atoms with van der Waals surface area (Å²) in [4.78, 5) is 29.2. The quantitative estimate of drug-likeness (QED) is 0.134. The number of carbonyl (C=O) groups excluding carboxylic acids is 2. The number of methoxy groups -OCH3 is 1. The summed E-state index contributed by atoms with van der Waals surface area (Å²) in [6.07, 6.45) is 1.48. The van der Waals surface area contributed by atoms with E-state index in [-0.39, 0.29) is 38.7 Å². The smallest absolute Gasteiger partial charge is 0.363 e. The molecule has 0 amide bonds.